The molecule has 1 atom stereocenters. The second-order valence-corrected chi connectivity index (χ2v) is 6.36. The quantitative estimate of drug-likeness (QED) is 0.753. The number of hydrogen-bond donors (Lipinski definition) is 1. The molecular formula is C19H31NO. The van der Waals surface area contributed by atoms with Gasteiger partial charge in [0.05, 0.1) is 11.6 Å². The van der Waals surface area contributed by atoms with Crippen molar-refractivity contribution in [2.45, 2.75) is 70.4 Å². The van der Waals surface area contributed by atoms with Gasteiger partial charge in [-0.3, -0.25) is 0 Å². The summed E-state index contributed by atoms with van der Waals surface area (Å²) in [4.78, 5) is 0. The maximum Gasteiger partial charge on any atom is 0.0872 e. The molecule has 0 bridgehead atoms. The lowest BCUT2D eigenvalue weighted by Crippen LogP contribution is -2.43. The monoisotopic (exact) mass is 289 g/mol. The molecule has 0 heterocycles. The molecule has 1 saturated carbocycles. The lowest BCUT2D eigenvalue weighted by Gasteiger charge is -2.37. The van der Waals surface area contributed by atoms with E-state index in [9.17, 15) is 0 Å². The Morgan fingerprint density at radius 1 is 1.19 bits per heavy atom. The van der Waals surface area contributed by atoms with Gasteiger partial charge in [-0.2, -0.15) is 0 Å². The minimum absolute atomic E-state index is 0.0139. The summed E-state index contributed by atoms with van der Waals surface area (Å²) in [5.41, 5.74) is 2.83. The molecule has 2 nitrogen and oxygen atoms in total. The van der Waals surface area contributed by atoms with Crippen molar-refractivity contribution in [1.82, 2.24) is 5.32 Å². The van der Waals surface area contributed by atoms with Gasteiger partial charge in [0, 0.05) is 7.11 Å². The van der Waals surface area contributed by atoms with Gasteiger partial charge in [-0.05, 0) is 43.4 Å². The second kappa shape index (κ2) is 7.95. The third-order valence-electron chi connectivity index (χ3n) is 4.80. The minimum atomic E-state index is -0.0139. The van der Waals surface area contributed by atoms with Crippen molar-refractivity contribution in [2.24, 2.45) is 0 Å². The van der Waals surface area contributed by atoms with Crippen molar-refractivity contribution in [3.05, 3.63) is 35.4 Å². The average Bonchev–Trinajstić information content (AvgIpc) is 2.98. The van der Waals surface area contributed by atoms with E-state index < -0.39 is 0 Å². The van der Waals surface area contributed by atoms with E-state index in [0.717, 1.165) is 19.4 Å². The van der Waals surface area contributed by atoms with Crippen LogP contribution in [-0.2, 0) is 11.2 Å². The number of nitrogens with one attached hydrogen (secondary N) is 1. The molecule has 1 fully saturated rings. The number of aryl methyl sites for hydroxylation is 1. The minimum Gasteiger partial charge on any atom is -0.376 e. The molecule has 1 aromatic rings. The maximum atomic E-state index is 6.05. The van der Waals surface area contributed by atoms with Gasteiger partial charge in [-0.15, -0.1) is 0 Å². The Morgan fingerprint density at radius 3 is 2.57 bits per heavy atom. The number of methoxy groups -OCH3 is 1. The van der Waals surface area contributed by atoms with Crippen LogP contribution in [0.2, 0.25) is 0 Å². The predicted octanol–water partition coefficient (Wildman–Crippen LogP) is 4.64. The van der Waals surface area contributed by atoms with Crippen LogP contribution in [0.4, 0.5) is 0 Å². The van der Waals surface area contributed by atoms with Crippen LogP contribution in [0.15, 0.2) is 24.3 Å². The first-order valence-electron chi connectivity index (χ1n) is 8.63. The molecule has 1 N–H and O–H groups in total. The van der Waals surface area contributed by atoms with Crippen molar-refractivity contribution < 1.29 is 4.74 Å². The molecule has 2 heteroatoms. The number of rotatable bonds is 8. The molecule has 0 spiro atoms. The van der Waals surface area contributed by atoms with Crippen LogP contribution in [-0.4, -0.2) is 19.3 Å². The Hall–Kier alpha value is -0.860. The zero-order valence-corrected chi connectivity index (χ0v) is 14.0. The van der Waals surface area contributed by atoms with Gasteiger partial charge in [0.25, 0.3) is 0 Å². The Balaban J connectivity index is 2.28. The first kappa shape index (κ1) is 16.5. The van der Waals surface area contributed by atoms with Crippen LogP contribution in [0.3, 0.4) is 0 Å². The first-order chi connectivity index (χ1) is 10.3. The van der Waals surface area contributed by atoms with E-state index in [1.54, 1.807) is 0 Å². The van der Waals surface area contributed by atoms with Gasteiger partial charge < -0.3 is 10.1 Å². The lowest BCUT2D eigenvalue weighted by atomic mass is 9.85. The van der Waals surface area contributed by atoms with E-state index in [-0.39, 0.29) is 5.60 Å². The second-order valence-electron chi connectivity index (χ2n) is 6.36. The molecule has 0 aromatic heterocycles. The third kappa shape index (κ3) is 3.87. The molecule has 1 unspecified atom stereocenters. The highest BCUT2D eigenvalue weighted by Gasteiger charge is 2.42. The number of hydrogen-bond acceptors (Lipinski definition) is 2. The number of benzene rings is 1. The molecule has 118 valence electrons. The Morgan fingerprint density at radius 2 is 1.95 bits per heavy atom. The van der Waals surface area contributed by atoms with Crippen LogP contribution in [0, 0.1) is 0 Å². The highest BCUT2D eigenvalue weighted by atomic mass is 16.5. The molecule has 1 aromatic carbocycles. The van der Waals surface area contributed by atoms with E-state index >= 15 is 0 Å². The summed E-state index contributed by atoms with van der Waals surface area (Å²) in [6.07, 6.45) is 8.43. The zero-order chi connectivity index (χ0) is 15.1. The van der Waals surface area contributed by atoms with Gasteiger partial charge >= 0.3 is 0 Å². The molecule has 0 saturated heterocycles. The highest BCUT2D eigenvalue weighted by molar-refractivity contribution is 5.29. The largest absolute Gasteiger partial charge is 0.376 e. The molecule has 2 rings (SSSR count). The highest BCUT2D eigenvalue weighted by Crippen LogP contribution is 2.42. The van der Waals surface area contributed by atoms with Gasteiger partial charge in [-0.25, -0.2) is 0 Å². The van der Waals surface area contributed by atoms with E-state index in [2.05, 4.69) is 43.4 Å². The average molecular weight is 289 g/mol. The summed E-state index contributed by atoms with van der Waals surface area (Å²) in [6, 6.07) is 9.43. The summed E-state index contributed by atoms with van der Waals surface area (Å²) >= 11 is 0. The molecule has 0 amide bonds. The smallest absolute Gasteiger partial charge is 0.0872 e. The fourth-order valence-corrected chi connectivity index (χ4v) is 3.70. The Kier molecular flexibility index (Phi) is 6.25. The molecular weight excluding hydrogens is 258 g/mol. The lowest BCUT2D eigenvalue weighted by molar-refractivity contribution is -0.0367. The van der Waals surface area contributed by atoms with Crippen LogP contribution in [0.1, 0.15) is 69.5 Å². The SMILES string of the molecule is CCCNC(c1cccc(CCC)c1)C1(OC)CCCC1. The maximum absolute atomic E-state index is 6.05. The van der Waals surface area contributed by atoms with Crippen LogP contribution >= 0.6 is 0 Å². The fourth-order valence-electron chi connectivity index (χ4n) is 3.70. The van der Waals surface area contributed by atoms with Gasteiger partial charge in [0.1, 0.15) is 0 Å². The topological polar surface area (TPSA) is 21.3 Å². The van der Waals surface area contributed by atoms with Crippen molar-refractivity contribution in [3.8, 4) is 0 Å². The summed E-state index contributed by atoms with van der Waals surface area (Å²) in [6.45, 7) is 5.52. The van der Waals surface area contributed by atoms with Crippen molar-refractivity contribution in [1.29, 1.82) is 0 Å². The normalized spacial score (nSPS) is 18.8. The molecule has 1 aliphatic rings. The summed E-state index contributed by atoms with van der Waals surface area (Å²) < 4.78 is 6.05. The Labute approximate surface area is 130 Å². The van der Waals surface area contributed by atoms with E-state index in [1.165, 1.54) is 43.2 Å². The van der Waals surface area contributed by atoms with E-state index in [0.29, 0.717) is 6.04 Å². The van der Waals surface area contributed by atoms with Gasteiger partial charge in [-0.1, -0.05) is 57.4 Å². The van der Waals surface area contributed by atoms with E-state index in [1.807, 2.05) is 7.11 Å². The summed E-state index contributed by atoms with van der Waals surface area (Å²) in [5, 5.41) is 3.76. The molecule has 0 aliphatic heterocycles. The van der Waals surface area contributed by atoms with Gasteiger partial charge in [0.15, 0.2) is 0 Å². The standard InChI is InChI=1S/C19H31NO/c1-4-9-16-10-8-11-17(15-16)18(20-14-5-2)19(21-3)12-6-7-13-19/h8,10-11,15,18,20H,4-7,9,12-14H2,1-3H3. The summed E-state index contributed by atoms with van der Waals surface area (Å²) in [5.74, 6) is 0. The number of ether oxygens (including phenoxy) is 1. The first-order valence-corrected chi connectivity index (χ1v) is 8.63. The van der Waals surface area contributed by atoms with Crippen molar-refractivity contribution in [2.75, 3.05) is 13.7 Å². The Bertz CT molecular complexity index is 423. The molecule has 0 radical (unpaired) electrons. The van der Waals surface area contributed by atoms with Crippen molar-refractivity contribution in [3.63, 3.8) is 0 Å². The van der Waals surface area contributed by atoms with Crippen LogP contribution in [0.25, 0.3) is 0 Å². The third-order valence-corrected chi connectivity index (χ3v) is 4.80. The van der Waals surface area contributed by atoms with Crippen molar-refractivity contribution >= 4 is 0 Å². The summed E-state index contributed by atoms with van der Waals surface area (Å²) in [7, 11) is 1.89. The fraction of sp³-hybridized carbons (Fsp3) is 0.684. The van der Waals surface area contributed by atoms with Crippen LogP contribution < -0.4 is 5.32 Å². The molecule has 21 heavy (non-hydrogen) atoms. The van der Waals surface area contributed by atoms with Gasteiger partial charge in [0.2, 0.25) is 0 Å². The van der Waals surface area contributed by atoms with E-state index in [4.69, 9.17) is 4.74 Å². The zero-order valence-electron chi connectivity index (χ0n) is 14.0. The van der Waals surface area contributed by atoms with Crippen LogP contribution in [0.5, 0.6) is 0 Å². The predicted molar refractivity (Wildman–Crippen MR) is 89.7 cm³/mol. The molecule has 1 aliphatic carbocycles.